The largest absolute Gasteiger partial charge is 0.497 e. The number of nitrogens with one attached hydrogen (secondary N) is 3. The van der Waals surface area contributed by atoms with Gasteiger partial charge in [0.15, 0.2) is 0 Å². The molecule has 2 aliphatic carbocycles. The molecule has 6 aliphatic rings. The van der Waals surface area contributed by atoms with Crippen LogP contribution in [0.2, 0.25) is 0 Å². The van der Waals surface area contributed by atoms with Crippen LogP contribution in [0, 0.1) is 5.92 Å². The van der Waals surface area contributed by atoms with Gasteiger partial charge in [0, 0.05) is 30.3 Å². The van der Waals surface area contributed by atoms with Gasteiger partial charge < -0.3 is 39.4 Å². The smallest absolute Gasteiger partial charge is 0.408 e. The SMILES string of the molecule is C=CC1CC1(NC(=O)C1CC(Oc2nccc3cc(OC)ccc23)CN1C(=O)C(CCC(=O)N1CC2CCC1C(=O)O2)NC(=O)OC(C)(C)C)C(=O)NS(=O)(=O)C1CC1. The van der Waals surface area contributed by atoms with Crippen molar-refractivity contribution in [3.63, 3.8) is 0 Å². The van der Waals surface area contributed by atoms with E-state index in [9.17, 15) is 37.2 Å². The molecule has 19 heteroatoms. The molecule has 3 N–H and O–H groups in total. The summed E-state index contributed by atoms with van der Waals surface area (Å²) in [7, 11) is -2.42. The van der Waals surface area contributed by atoms with Gasteiger partial charge in [0.05, 0.1) is 25.4 Å². The van der Waals surface area contributed by atoms with Crippen molar-refractivity contribution < 1.29 is 56.1 Å². The highest BCUT2D eigenvalue weighted by Crippen LogP contribution is 2.45. The number of nitrogens with zero attached hydrogens (tertiary/aromatic N) is 3. The molecule has 5 heterocycles. The number of rotatable bonds is 14. The highest BCUT2D eigenvalue weighted by Gasteiger charge is 2.62. The number of methoxy groups -OCH3 is 1. The summed E-state index contributed by atoms with van der Waals surface area (Å²) >= 11 is 0. The zero-order valence-corrected chi connectivity index (χ0v) is 34.2. The van der Waals surface area contributed by atoms with Gasteiger partial charge >= 0.3 is 12.1 Å². The van der Waals surface area contributed by atoms with Gasteiger partial charge in [-0.3, -0.25) is 23.9 Å². The number of pyridine rings is 1. The van der Waals surface area contributed by atoms with Crippen molar-refractivity contribution in [3.8, 4) is 11.6 Å². The molecule has 7 unspecified atom stereocenters. The van der Waals surface area contributed by atoms with Crippen LogP contribution in [0.5, 0.6) is 11.6 Å². The summed E-state index contributed by atoms with van der Waals surface area (Å²) in [6.07, 6.45) is 2.29. The Hall–Kier alpha value is -5.46. The normalized spacial score (nSPS) is 26.6. The first-order valence-electron chi connectivity index (χ1n) is 19.8. The summed E-state index contributed by atoms with van der Waals surface area (Å²) in [6, 6.07) is 3.67. The Morgan fingerprint density at radius 3 is 2.49 bits per heavy atom. The Morgan fingerprint density at radius 1 is 1.08 bits per heavy atom. The Kier molecular flexibility index (Phi) is 11.3. The maximum absolute atomic E-state index is 14.7. The van der Waals surface area contributed by atoms with Crippen LogP contribution in [-0.4, -0.2) is 126 Å². The minimum Gasteiger partial charge on any atom is -0.497 e. The van der Waals surface area contributed by atoms with Gasteiger partial charge in [-0.25, -0.2) is 23.0 Å². The first-order valence-corrected chi connectivity index (χ1v) is 21.4. The van der Waals surface area contributed by atoms with E-state index in [1.165, 1.54) is 15.9 Å². The van der Waals surface area contributed by atoms with Gasteiger partial charge in [0.1, 0.15) is 47.2 Å². The predicted molar refractivity (Wildman–Crippen MR) is 209 cm³/mol. The number of fused-ring (bicyclic) bond motifs is 4. The lowest BCUT2D eigenvalue weighted by Gasteiger charge is -2.43. The van der Waals surface area contributed by atoms with E-state index in [0.717, 1.165) is 5.39 Å². The summed E-state index contributed by atoms with van der Waals surface area (Å²) in [5.74, 6) is -3.06. The average molecular weight is 839 g/mol. The number of likely N-dealkylation sites (tertiary alicyclic amines) is 1. The molecule has 318 valence electrons. The Morgan fingerprint density at radius 2 is 1.85 bits per heavy atom. The second-order valence-electron chi connectivity index (χ2n) is 16.8. The van der Waals surface area contributed by atoms with Crippen LogP contribution in [0.4, 0.5) is 4.79 Å². The number of amides is 5. The van der Waals surface area contributed by atoms with Crippen molar-refractivity contribution >= 4 is 56.5 Å². The van der Waals surface area contributed by atoms with E-state index in [-0.39, 0.29) is 44.7 Å². The fourth-order valence-electron chi connectivity index (χ4n) is 8.02. The predicted octanol–water partition coefficient (Wildman–Crippen LogP) is 1.85. The number of piperidine rings is 1. The van der Waals surface area contributed by atoms with Crippen molar-refractivity contribution in [3.05, 3.63) is 43.1 Å². The standard InChI is InChI=1S/C40H50N6O12S/c1-6-23-19-40(23,37(51)44-59(53,54)27-9-10-27)43-33(48)31-18-26(56-34-28-11-7-24(55-5)17-22(28)15-16-41-34)21-46(31)35(49)29(42-38(52)58-39(2,3)4)12-14-32(47)45-20-25-8-13-30(45)36(50)57-25/h6-7,11,15-17,23,25-27,29-31H,1,8-10,12-14,18-21H2,2-5H3,(H,42,52)(H,43,48)(H,44,51). The molecular weight excluding hydrogens is 789 g/mol. The van der Waals surface area contributed by atoms with E-state index in [2.05, 4.69) is 26.9 Å². The number of aromatic nitrogens is 1. The van der Waals surface area contributed by atoms with Crippen LogP contribution in [-0.2, 0) is 43.5 Å². The third kappa shape index (κ3) is 8.94. The molecular formula is C40H50N6O12S. The van der Waals surface area contributed by atoms with Gasteiger partial charge in [-0.2, -0.15) is 0 Å². The quantitative estimate of drug-likeness (QED) is 0.183. The number of hydrogen-bond donors (Lipinski definition) is 3. The number of carbonyl (C=O) groups is 6. The minimum absolute atomic E-state index is 0.0784. The van der Waals surface area contributed by atoms with Gasteiger partial charge in [0.25, 0.3) is 5.91 Å². The Labute approximate surface area is 341 Å². The number of sulfonamides is 1. The maximum Gasteiger partial charge on any atom is 0.408 e. The number of hydrogen-bond acceptors (Lipinski definition) is 13. The minimum atomic E-state index is -3.96. The summed E-state index contributed by atoms with van der Waals surface area (Å²) < 4.78 is 50.2. The average Bonchev–Trinajstić information content (AvgIpc) is 4.12. The third-order valence-corrected chi connectivity index (χ3v) is 13.2. The lowest BCUT2D eigenvalue weighted by atomic mass is 9.95. The van der Waals surface area contributed by atoms with E-state index in [0.29, 0.717) is 36.8 Å². The Bertz CT molecular complexity index is 2170. The number of benzene rings is 1. The molecule has 5 amide bonds. The highest BCUT2D eigenvalue weighted by molar-refractivity contribution is 7.91. The number of alkyl carbamates (subject to hydrolysis) is 1. The van der Waals surface area contributed by atoms with Crippen LogP contribution in [0.3, 0.4) is 0 Å². The molecule has 2 saturated carbocycles. The monoisotopic (exact) mass is 838 g/mol. The number of esters is 1. The fourth-order valence-corrected chi connectivity index (χ4v) is 9.38. The van der Waals surface area contributed by atoms with Gasteiger partial charge in [-0.1, -0.05) is 6.08 Å². The molecule has 0 spiro atoms. The van der Waals surface area contributed by atoms with Crippen LogP contribution >= 0.6 is 0 Å². The molecule has 1 aromatic heterocycles. The molecule has 59 heavy (non-hydrogen) atoms. The van der Waals surface area contributed by atoms with E-state index in [4.69, 9.17) is 18.9 Å². The molecule has 0 radical (unpaired) electrons. The number of ether oxygens (including phenoxy) is 4. The van der Waals surface area contributed by atoms with Crippen molar-refractivity contribution in [2.75, 3.05) is 20.2 Å². The van der Waals surface area contributed by atoms with Gasteiger partial charge in [-0.05, 0) is 88.9 Å². The second-order valence-corrected chi connectivity index (χ2v) is 18.8. The molecule has 18 nitrogen and oxygen atoms in total. The third-order valence-electron chi connectivity index (χ3n) is 11.4. The Balaban J connectivity index is 1.16. The van der Waals surface area contributed by atoms with Gasteiger partial charge in [-0.15, -0.1) is 6.58 Å². The first-order chi connectivity index (χ1) is 27.9. The molecule has 4 saturated heterocycles. The molecule has 4 aliphatic heterocycles. The zero-order chi connectivity index (χ0) is 42.4. The van der Waals surface area contributed by atoms with Crippen LogP contribution in [0.25, 0.3) is 10.8 Å². The molecule has 1 aromatic carbocycles. The molecule has 2 aromatic rings. The van der Waals surface area contributed by atoms with E-state index in [1.807, 2.05) is 0 Å². The first kappa shape index (κ1) is 41.7. The van der Waals surface area contributed by atoms with E-state index < -0.39 is 98.4 Å². The molecule has 6 fully saturated rings. The molecule has 7 atom stereocenters. The number of carbonyl (C=O) groups excluding carboxylic acids is 6. The van der Waals surface area contributed by atoms with Gasteiger partial charge in [0.2, 0.25) is 33.6 Å². The van der Waals surface area contributed by atoms with Crippen molar-refractivity contribution in [2.24, 2.45) is 5.92 Å². The summed E-state index contributed by atoms with van der Waals surface area (Å²) in [5.41, 5.74) is -2.58. The summed E-state index contributed by atoms with van der Waals surface area (Å²) in [5, 5.41) is 6.04. The second kappa shape index (κ2) is 16.0. The van der Waals surface area contributed by atoms with E-state index >= 15 is 0 Å². The lowest BCUT2D eigenvalue weighted by molar-refractivity contribution is -0.181. The molecule has 8 rings (SSSR count). The van der Waals surface area contributed by atoms with Crippen LogP contribution < -0.4 is 24.8 Å². The van der Waals surface area contributed by atoms with E-state index in [1.54, 1.807) is 58.3 Å². The zero-order valence-electron chi connectivity index (χ0n) is 33.4. The van der Waals surface area contributed by atoms with Crippen LogP contribution in [0.15, 0.2) is 43.1 Å². The van der Waals surface area contributed by atoms with Crippen molar-refractivity contribution in [1.82, 2.24) is 30.1 Å². The molecule has 2 bridgehead atoms. The summed E-state index contributed by atoms with van der Waals surface area (Å²) in [6.45, 7) is 8.75. The number of morpholine rings is 1. The summed E-state index contributed by atoms with van der Waals surface area (Å²) in [4.78, 5) is 89.0. The lowest BCUT2D eigenvalue weighted by Crippen LogP contribution is -2.59. The highest BCUT2D eigenvalue weighted by atomic mass is 32.2. The topological polar surface area (TPSA) is 229 Å². The van der Waals surface area contributed by atoms with Crippen molar-refractivity contribution in [2.45, 2.75) is 119 Å². The maximum atomic E-state index is 14.7. The van der Waals surface area contributed by atoms with Crippen molar-refractivity contribution in [1.29, 1.82) is 0 Å². The van der Waals surface area contributed by atoms with Crippen LogP contribution in [0.1, 0.15) is 72.1 Å². The fraction of sp³-hybridized carbons (Fsp3) is 0.575.